The van der Waals surface area contributed by atoms with E-state index in [4.69, 9.17) is 4.74 Å². The molecule has 6 heteroatoms. The number of Topliss-reactive ketones (excluding diaryl/α,β-unsaturated/α-hetero) is 1. The number of phenolic OH excluding ortho intramolecular Hbond substituents is 1. The van der Waals surface area contributed by atoms with Gasteiger partial charge in [-0.1, -0.05) is 42.0 Å². The summed E-state index contributed by atoms with van der Waals surface area (Å²) in [5.74, 6) is -1.60. The number of nitrogens with zero attached hydrogens (tertiary/aromatic N) is 1. The van der Waals surface area contributed by atoms with Gasteiger partial charge in [0.25, 0.3) is 11.7 Å². The molecule has 146 valence electrons. The Morgan fingerprint density at radius 1 is 1.14 bits per heavy atom. The lowest BCUT2D eigenvalue weighted by Crippen LogP contribution is -2.31. The molecule has 1 heterocycles. The molecule has 2 aromatic carbocycles. The Morgan fingerprint density at radius 3 is 2.50 bits per heavy atom. The monoisotopic (exact) mass is 381 g/mol. The van der Waals surface area contributed by atoms with Gasteiger partial charge in [-0.05, 0) is 31.0 Å². The predicted molar refractivity (Wildman–Crippen MR) is 105 cm³/mol. The lowest BCUT2D eigenvalue weighted by molar-refractivity contribution is -0.140. The first kappa shape index (κ1) is 19.6. The molecular formula is C22H23NO5. The molecule has 6 nitrogen and oxygen atoms in total. The molecule has 28 heavy (non-hydrogen) atoms. The molecule has 1 atom stereocenters. The quantitative estimate of drug-likeness (QED) is 0.347. The highest BCUT2D eigenvalue weighted by molar-refractivity contribution is 6.46. The molecule has 0 bridgehead atoms. The average Bonchev–Trinajstić information content (AvgIpc) is 2.93. The number of carbonyl (C=O) groups is 2. The molecule has 1 unspecified atom stereocenters. The van der Waals surface area contributed by atoms with E-state index in [0.717, 1.165) is 5.56 Å². The molecule has 1 saturated heterocycles. The molecule has 0 spiro atoms. The number of ketones is 1. The molecule has 2 N–H and O–H groups in total. The van der Waals surface area contributed by atoms with Crippen LogP contribution in [0.5, 0.6) is 5.75 Å². The van der Waals surface area contributed by atoms with Crippen molar-refractivity contribution in [1.82, 2.24) is 4.90 Å². The SMILES string of the molecule is COCCCN1C(=O)C(=O)/C(=C(\O)c2ccc(C)cc2)C1c1cccc(O)c1. The number of ether oxygens (including phenoxy) is 1. The fourth-order valence-corrected chi connectivity index (χ4v) is 3.40. The third-order valence-corrected chi connectivity index (χ3v) is 4.80. The molecule has 0 radical (unpaired) electrons. The van der Waals surface area contributed by atoms with E-state index in [0.29, 0.717) is 30.7 Å². The van der Waals surface area contributed by atoms with Crippen LogP contribution in [0.1, 0.15) is 29.2 Å². The summed E-state index contributed by atoms with van der Waals surface area (Å²) in [6.45, 7) is 2.66. The van der Waals surface area contributed by atoms with E-state index in [1.54, 1.807) is 31.4 Å². The van der Waals surface area contributed by atoms with Crippen LogP contribution in [0, 0.1) is 6.92 Å². The number of aliphatic hydroxyl groups excluding tert-OH is 1. The third-order valence-electron chi connectivity index (χ3n) is 4.80. The second-order valence-corrected chi connectivity index (χ2v) is 6.80. The summed E-state index contributed by atoms with van der Waals surface area (Å²) in [7, 11) is 1.57. The first-order chi connectivity index (χ1) is 13.4. The van der Waals surface area contributed by atoms with Crippen LogP contribution in [0.25, 0.3) is 5.76 Å². The Hall–Kier alpha value is -3.12. The van der Waals surface area contributed by atoms with Crippen molar-refractivity contribution in [3.05, 3.63) is 70.8 Å². The van der Waals surface area contributed by atoms with Gasteiger partial charge in [0.05, 0.1) is 11.6 Å². The van der Waals surface area contributed by atoms with Crippen LogP contribution in [0.4, 0.5) is 0 Å². The maximum absolute atomic E-state index is 12.8. The van der Waals surface area contributed by atoms with Gasteiger partial charge in [0.1, 0.15) is 11.5 Å². The van der Waals surface area contributed by atoms with Gasteiger partial charge in [0.2, 0.25) is 0 Å². The Bertz CT molecular complexity index is 917. The molecule has 2 aromatic rings. The van der Waals surface area contributed by atoms with E-state index in [-0.39, 0.29) is 17.1 Å². The van der Waals surface area contributed by atoms with E-state index in [2.05, 4.69) is 0 Å². The van der Waals surface area contributed by atoms with Crippen LogP contribution in [0.3, 0.4) is 0 Å². The topological polar surface area (TPSA) is 87.1 Å². The standard InChI is InChI=1S/C22H23NO5/c1-14-7-9-15(10-8-14)20(25)18-19(16-5-3-6-17(24)13-16)23(11-4-12-28-2)22(27)21(18)26/h3,5-10,13,19,24-25H,4,11-12H2,1-2H3/b20-18-. The number of phenols is 1. The second-order valence-electron chi connectivity index (χ2n) is 6.80. The lowest BCUT2D eigenvalue weighted by atomic mass is 9.95. The number of rotatable bonds is 6. The Kier molecular flexibility index (Phi) is 5.80. The molecule has 0 saturated carbocycles. The summed E-state index contributed by atoms with van der Waals surface area (Å²) >= 11 is 0. The predicted octanol–water partition coefficient (Wildman–Crippen LogP) is 3.16. The van der Waals surface area contributed by atoms with Gasteiger partial charge in [-0.15, -0.1) is 0 Å². The molecular weight excluding hydrogens is 358 g/mol. The number of aliphatic hydroxyl groups is 1. The van der Waals surface area contributed by atoms with Crippen molar-refractivity contribution in [2.45, 2.75) is 19.4 Å². The summed E-state index contributed by atoms with van der Waals surface area (Å²) in [6, 6.07) is 12.7. The lowest BCUT2D eigenvalue weighted by Gasteiger charge is -2.25. The molecule has 1 aliphatic rings. The average molecular weight is 381 g/mol. The van der Waals surface area contributed by atoms with Crippen LogP contribution >= 0.6 is 0 Å². The summed E-state index contributed by atoms with van der Waals surface area (Å²) in [6.07, 6.45) is 0.545. The Morgan fingerprint density at radius 2 is 1.86 bits per heavy atom. The van der Waals surface area contributed by atoms with Gasteiger partial charge in [-0.3, -0.25) is 9.59 Å². The zero-order valence-corrected chi connectivity index (χ0v) is 15.9. The number of likely N-dealkylation sites (tertiary alicyclic amines) is 1. The van der Waals surface area contributed by atoms with Crippen LogP contribution in [0.15, 0.2) is 54.1 Å². The summed E-state index contributed by atoms with van der Waals surface area (Å²) in [4.78, 5) is 26.9. The molecule has 1 aliphatic heterocycles. The van der Waals surface area contributed by atoms with Gasteiger partial charge in [-0.25, -0.2) is 0 Å². The summed E-state index contributed by atoms with van der Waals surface area (Å²) in [5.41, 5.74) is 2.06. The van der Waals surface area contributed by atoms with Gasteiger partial charge < -0.3 is 19.8 Å². The highest BCUT2D eigenvalue weighted by atomic mass is 16.5. The van der Waals surface area contributed by atoms with Crippen LogP contribution in [-0.4, -0.2) is 47.1 Å². The number of methoxy groups -OCH3 is 1. The summed E-state index contributed by atoms with van der Waals surface area (Å²) < 4.78 is 5.05. The molecule has 0 aromatic heterocycles. The van der Waals surface area contributed by atoms with Gasteiger partial charge in [-0.2, -0.15) is 0 Å². The van der Waals surface area contributed by atoms with Gasteiger partial charge >= 0.3 is 0 Å². The minimum atomic E-state index is -0.773. The fourth-order valence-electron chi connectivity index (χ4n) is 3.40. The van der Waals surface area contributed by atoms with Crippen molar-refractivity contribution >= 4 is 17.4 Å². The normalized spacial score (nSPS) is 18.6. The van der Waals surface area contributed by atoms with Crippen LogP contribution in [-0.2, 0) is 14.3 Å². The number of aryl methyl sites for hydroxylation is 1. The number of benzene rings is 2. The van der Waals surface area contributed by atoms with Crippen LogP contribution < -0.4 is 0 Å². The first-order valence-corrected chi connectivity index (χ1v) is 9.07. The van der Waals surface area contributed by atoms with Crippen molar-refractivity contribution in [1.29, 1.82) is 0 Å². The Balaban J connectivity index is 2.12. The number of hydrogen-bond donors (Lipinski definition) is 2. The number of amides is 1. The number of hydrogen-bond acceptors (Lipinski definition) is 5. The molecule has 0 aliphatic carbocycles. The zero-order valence-electron chi connectivity index (χ0n) is 15.9. The second kappa shape index (κ2) is 8.27. The maximum Gasteiger partial charge on any atom is 0.295 e. The summed E-state index contributed by atoms with van der Waals surface area (Å²) in [5, 5.41) is 20.8. The van der Waals surface area contributed by atoms with Crippen molar-refractivity contribution in [3.63, 3.8) is 0 Å². The van der Waals surface area contributed by atoms with E-state index in [1.165, 1.54) is 17.0 Å². The third kappa shape index (κ3) is 3.77. The van der Waals surface area contributed by atoms with E-state index >= 15 is 0 Å². The minimum absolute atomic E-state index is 0.0234. The number of carbonyl (C=O) groups excluding carboxylic acids is 2. The molecule has 1 amide bonds. The van der Waals surface area contributed by atoms with Gasteiger partial charge in [0, 0.05) is 25.8 Å². The molecule has 1 fully saturated rings. The van der Waals surface area contributed by atoms with E-state index < -0.39 is 17.7 Å². The smallest absolute Gasteiger partial charge is 0.295 e. The number of aromatic hydroxyl groups is 1. The minimum Gasteiger partial charge on any atom is -0.508 e. The first-order valence-electron chi connectivity index (χ1n) is 9.07. The van der Waals surface area contributed by atoms with Crippen molar-refractivity contribution in [2.75, 3.05) is 20.3 Å². The van der Waals surface area contributed by atoms with E-state index in [1.807, 2.05) is 19.1 Å². The van der Waals surface area contributed by atoms with Crippen molar-refractivity contribution in [3.8, 4) is 5.75 Å². The highest BCUT2D eigenvalue weighted by Crippen LogP contribution is 2.40. The highest BCUT2D eigenvalue weighted by Gasteiger charge is 2.45. The van der Waals surface area contributed by atoms with Crippen molar-refractivity contribution in [2.24, 2.45) is 0 Å². The Labute approximate surface area is 163 Å². The van der Waals surface area contributed by atoms with Gasteiger partial charge in [0.15, 0.2) is 0 Å². The largest absolute Gasteiger partial charge is 0.508 e. The van der Waals surface area contributed by atoms with Crippen LogP contribution in [0.2, 0.25) is 0 Å². The van der Waals surface area contributed by atoms with Crippen molar-refractivity contribution < 1.29 is 24.5 Å². The van der Waals surface area contributed by atoms with E-state index in [9.17, 15) is 19.8 Å². The molecule has 3 rings (SSSR count). The fraction of sp³-hybridized carbons (Fsp3) is 0.273. The maximum atomic E-state index is 12.8. The zero-order chi connectivity index (χ0) is 20.3.